The molecule has 1 rings (SSSR count). The van der Waals surface area contributed by atoms with Crippen LogP contribution in [0.15, 0.2) is 18.2 Å². The maximum absolute atomic E-state index is 13.6. The largest absolute Gasteiger partial charge is 0.419 e. The van der Waals surface area contributed by atoms with Crippen LogP contribution in [-0.2, 0) is 16.6 Å². The number of benzene rings is 1. The highest BCUT2D eigenvalue weighted by atomic mass is 19.4. The summed E-state index contributed by atoms with van der Waals surface area (Å²) in [5, 5.41) is 0. The zero-order chi connectivity index (χ0) is 12.6. The summed E-state index contributed by atoms with van der Waals surface area (Å²) >= 11 is 0. The molecular weight excluding hydrogens is 226 g/mol. The van der Waals surface area contributed by atoms with E-state index in [1.165, 1.54) is 19.9 Å². The van der Waals surface area contributed by atoms with Gasteiger partial charge in [-0.15, -0.1) is 0 Å². The van der Waals surface area contributed by atoms with Gasteiger partial charge in [-0.25, -0.2) is 10.3 Å². The van der Waals surface area contributed by atoms with Gasteiger partial charge in [-0.3, -0.25) is 4.84 Å². The Morgan fingerprint density at radius 2 is 1.62 bits per heavy atom. The van der Waals surface area contributed by atoms with Gasteiger partial charge in [0.25, 0.3) is 0 Å². The summed E-state index contributed by atoms with van der Waals surface area (Å²) in [5.41, 5.74) is -2.87. The summed E-state index contributed by atoms with van der Waals surface area (Å²) < 4.78 is 50.8. The predicted octanol–water partition coefficient (Wildman–Crippen LogP) is 2.97. The molecule has 0 amide bonds. The molecule has 1 aromatic carbocycles. The number of alkyl halides is 3. The SMILES string of the molecule is CC(C)(ON)c1cccc(C(F)(F)F)c1F. The second kappa shape index (κ2) is 4.03. The Hall–Kier alpha value is -1.14. The van der Waals surface area contributed by atoms with E-state index >= 15 is 0 Å². The number of nitrogens with two attached hydrogens (primary N) is 1. The molecule has 0 fully saturated rings. The van der Waals surface area contributed by atoms with E-state index in [0.29, 0.717) is 6.07 Å². The van der Waals surface area contributed by atoms with Crippen molar-refractivity contribution in [3.8, 4) is 0 Å². The van der Waals surface area contributed by atoms with Gasteiger partial charge in [0.15, 0.2) is 0 Å². The highest BCUT2D eigenvalue weighted by molar-refractivity contribution is 5.31. The van der Waals surface area contributed by atoms with Crippen molar-refractivity contribution in [2.45, 2.75) is 25.6 Å². The Morgan fingerprint density at radius 1 is 1.12 bits per heavy atom. The van der Waals surface area contributed by atoms with Crippen molar-refractivity contribution in [3.05, 3.63) is 35.1 Å². The van der Waals surface area contributed by atoms with Gasteiger partial charge in [0.1, 0.15) is 11.4 Å². The van der Waals surface area contributed by atoms with Gasteiger partial charge < -0.3 is 0 Å². The van der Waals surface area contributed by atoms with Gasteiger partial charge in [0, 0.05) is 5.56 Å². The van der Waals surface area contributed by atoms with Crippen LogP contribution >= 0.6 is 0 Å². The first-order valence-electron chi connectivity index (χ1n) is 4.44. The zero-order valence-electron chi connectivity index (χ0n) is 8.73. The number of halogens is 4. The highest BCUT2D eigenvalue weighted by Crippen LogP contribution is 2.35. The van der Waals surface area contributed by atoms with Gasteiger partial charge in [-0.2, -0.15) is 13.2 Å². The van der Waals surface area contributed by atoms with E-state index < -0.39 is 23.2 Å². The third-order valence-electron chi connectivity index (χ3n) is 2.25. The van der Waals surface area contributed by atoms with Gasteiger partial charge in [0.2, 0.25) is 0 Å². The van der Waals surface area contributed by atoms with Gasteiger partial charge >= 0.3 is 6.18 Å². The first-order chi connectivity index (χ1) is 7.20. The highest BCUT2D eigenvalue weighted by Gasteiger charge is 2.37. The average molecular weight is 237 g/mol. The standard InChI is InChI=1S/C10H11F4NO/c1-9(2,16-15)6-4-3-5-7(8(6)11)10(12,13)14/h3-5H,15H2,1-2H3. The van der Waals surface area contributed by atoms with E-state index in [2.05, 4.69) is 4.84 Å². The van der Waals surface area contributed by atoms with Crippen LogP contribution in [0.25, 0.3) is 0 Å². The molecule has 0 radical (unpaired) electrons. The van der Waals surface area contributed by atoms with Crippen LogP contribution < -0.4 is 5.90 Å². The molecule has 0 bridgehead atoms. The molecule has 0 aliphatic heterocycles. The van der Waals surface area contributed by atoms with Crippen molar-refractivity contribution in [2.24, 2.45) is 5.90 Å². The Morgan fingerprint density at radius 3 is 2.06 bits per heavy atom. The molecule has 0 saturated carbocycles. The van der Waals surface area contributed by atoms with Gasteiger partial charge in [0.05, 0.1) is 5.56 Å². The van der Waals surface area contributed by atoms with E-state index in [-0.39, 0.29) is 5.56 Å². The third kappa shape index (κ3) is 2.33. The molecule has 0 saturated heterocycles. The molecule has 2 N–H and O–H groups in total. The molecule has 0 spiro atoms. The van der Waals surface area contributed by atoms with Crippen molar-refractivity contribution in [1.29, 1.82) is 0 Å². The molecule has 0 aliphatic rings. The normalized spacial score (nSPS) is 12.9. The molecule has 0 aliphatic carbocycles. The van der Waals surface area contributed by atoms with Crippen LogP contribution in [0.3, 0.4) is 0 Å². The van der Waals surface area contributed by atoms with Crippen molar-refractivity contribution in [1.82, 2.24) is 0 Å². The van der Waals surface area contributed by atoms with Crippen LogP contribution in [-0.4, -0.2) is 0 Å². The van der Waals surface area contributed by atoms with E-state index in [1.807, 2.05) is 0 Å². The second-order valence-corrected chi connectivity index (χ2v) is 3.79. The molecule has 0 atom stereocenters. The first-order valence-corrected chi connectivity index (χ1v) is 4.44. The Bertz CT molecular complexity index is 387. The molecule has 2 nitrogen and oxygen atoms in total. The number of hydrogen-bond acceptors (Lipinski definition) is 2. The monoisotopic (exact) mass is 237 g/mol. The maximum atomic E-state index is 13.6. The fourth-order valence-electron chi connectivity index (χ4n) is 1.28. The Labute approximate surface area is 90.0 Å². The van der Waals surface area contributed by atoms with Crippen LogP contribution in [0.2, 0.25) is 0 Å². The Kier molecular flexibility index (Phi) is 3.25. The van der Waals surface area contributed by atoms with Gasteiger partial charge in [-0.05, 0) is 19.9 Å². The maximum Gasteiger partial charge on any atom is 0.419 e. The molecule has 0 heterocycles. The summed E-state index contributed by atoms with van der Waals surface area (Å²) in [6.45, 7) is 2.76. The minimum absolute atomic E-state index is 0.232. The van der Waals surface area contributed by atoms with Crippen molar-refractivity contribution in [2.75, 3.05) is 0 Å². The fraction of sp³-hybridized carbons (Fsp3) is 0.400. The molecule has 0 unspecified atom stereocenters. The summed E-state index contributed by atoms with van der Waals surface area (Å²) in [5.74, 6) is 3.56. The molecular formula is C10H11F4NO. The molecule has 6 heteroatoms. The summed E-state index contributed by atoms with van der Waals surface area (Å²) in [6, 6.07) is 2.99. The zero-order valence-corrected chi connectivity index (χ0v) is 8.73. The third-order valence-corrected chi connectivity index (χ3v) is 2.25. The van der Waals surface area contributed by atoms with Crippen LogP contribution in [0.1, 0.15) is 25.0 Å². The molecule has 0 aromatic heterocycles. The lowest BCUT2D eigenvalue weighted by molar-refractivity contribution is -0.140. The van der Waals surface area contributed by atoms with Crippen molar-refractivity contribution < 1.29 is 22.4 Å². The first kappa shape index (κ1) is 12.9. The lowest BCUT2D eigenvalue weighted by atomic mass is 9.95. The van der Waals surface area contributed by atoms with E-state index in [4.69, 9.17) is 5.90 Å². The predicted molar refractivity (Wildman–Crippen MR) is 49.7 cm³/mol. The van der Waals surface area contributed by atoms with E-state index in [9.17, 15) is 17.6 Å². The summed E-state index contributed by atoms with van der Waals surface area (Å²) in [7, 11) is 0. The van der Waals surface area contributed by atoms with E-state index in [1.54, 1.807) is 0 Å². The van der Waals surface area contributed by atoms with Crippen molar-refractivity contribution >= 4 is 0 Å². The van der Waals surface area contributed by atoms with Crippen LogP contribution in [0.4, 0.5) is 17.6 Å². The summed E-state index contributed by atoms with van der Waals surface area (Å²) in [6.07, 6.45) is -4.73. The Balaban J connectivity index is 3.36. The number of rotatable bonds is 2. The smallest absolute Gasteiger partial charge is 0.294 e. The minimum Gasteiger partial charge on any atom is -0.294 e. The number of hydrogen-bond donors (Lipinski definition) is 1. The molecule has 16 heavy (non-hydrogen) atoms. The van der Waals surface area contributed by atoms with Crippen LogP contribution in [0.5, 0.6) is 0 Å². The van der Waals surface area contributed by atoms with Crippen molar-refractivity contribution in [3.63, 3.8) is 0 Å². The topological polar surface area (TPSA) is 35.2 Å². The minimum atomic E-state index is -4.73. The summed E-state index contributed by atoms with van der Waals surface area (Å²) in [4.78, 5) is 4.46. The average Bonchev–Trinajstić information content (AvgIpc) is 2.16. The fourth-order valence-corrected chi connectivity index (χ4v) is 1.28. The van der Waals surface area contributed by atoms with E-state index in [0.717, 1.165) is 6.07 Å². The second-order valence-electron chi connectivity index (χ2n) is 3.79. The lowest BCUT2D eigenvalue weighted by Crippen LogP contribution is -2.27. The molecule has 1 aromatic rings. The van der Waals surface area contributed by atoms with Crippen LogP contribution in [0, 0.1) is 5.82 Å². The quantitative estimate of drug-likeness (QED) is 0.634. The van der Waals surface area contributed by atoms with Gasteiger partial charge in [-0.1, -0.05) is 12.1 Å². The lowest BCUT2D eigenvalue weighted by Gasteiger charge is -2.24. The molecule has 90 valence electrons.